The molecule has 0 aliphatic heterocycles. The average Bonchev–Trinajstić information content (AvgIpc) is 2.68. The maximum atomic E-state index is 5.26. The number of hydrogen-bond donors (Lipinski definition) is 2. The molecule has 0 radical (unpaired) electrons. The minimum atomic E-state index is 0.604. The zero-order chi connectivity index (χ0) is 18.6. The van der Waals surface area contributed by atoms with Crippen LogP contribution in [0.15, 0.2) is 53.5 Å². The Labute approximate surface area is 156 Å². The van der Waals surface area contributed by atoms with Crippen LogP contribution in [-0.4, -0.2) is 33.3 Å². The number of methoxy groups -OCH3 is 2. The summed E-state index contributed by atoms with van der Waals surface area (Å²) in [5, 5.41) is 6.69. The monoisotopic (exact) mass is 355 g/mol. The molecule has 0 saturated carbocycles. The van der Waals surface area contributed by atoms with E-state index in [9.17, 15) is 0 Å². The molecule has 0 aromatic heterocycles. The summed E-state index contributed by atoms with van der Waals surface area (Å²) in [6.45, 7) is 4.94. The highest BCUT2D eigenvalue weighted by Gasteiger charge is 2.03. The molecule has 26 heavy (non-hydrogen) atoms. The van der Waals surface area contributed by atoms with Gasteiger partial charge < -0.3 is 20.1 Å². The van der Waals surface area contributed by atoms with Gasteiger partial charge in [0.1, 0.15) is 5.75 Å². The smallest absolute Gasteiger partial charge is 0.191 e. The van der Waals surface area contributed by atoms with E-state index >= 15 is 0 Å². The second-order valence-corrected chi connectivity index (χ2v) is 5.92. The number of nitrogens with zero attached hydrogens (tertiary/aromatic N) is 1. The third-order valence-electron chi connectivity index (χ3n) is 4.04. The van der Waals surface area contributed by atoms with Crippen molar-refractivity contribution < 1.29 is 9.47 Å². The van der Waals surface area contributed by atoms with Crippen LogP contribution in [0.1, 0.15) is 23.6 Å². The van der Waals surface area contributed by atoms with Crippen molar-refractivity contribution in [2.24, 2.45) is 4.99 Å². The third kappa shape index (κ3) is 6.41. The lowest BCUT2D eigenvalue weighted by atomic mass is 10.1. The molecule has 2 N–H and O–H groups in total. The minimum Gasteiger partial charge on any atom is -0.497 e. The van der Waals surface area contributed by atoms with Gasteiger partial charge >= 0.3 is 0 Å². The molecule has 0 amide bonds. The Balaban J connectivity index is 1.91. The standard InChI is InChI=1S/C21H29N3O2/c1-4-22-21(23-14-13-17-9-11-20(26-3)12-10-17)24-15-18-7-5-6-8-19(18)16-25-2/h5-12H,4,13-16H2,1-3H3,(H2,22,23,24). The quantitative estimate of drug-likeness (QED) is 0.536. The zero-order valence-corrected chi connectivity index (χ0v) is 15.9. The second-order valence-electron chi connectivity index (χ2n) is 5.92. The fourth-order valence-corrected chi connectivity index (χ4v) is 2.63. The summed E-state index contributed by atoms with van der Waals surface area (Å²) in [4.78, 5) is 4.70. The maximum Gasteiger partial charge on any atom is 0.191 e. The van der Waals surface area contributed by atoms with E-state index in [1.54, 1.807) is 14.2 Å². The van der Waals surface area contributed by atoms with Gasteiger partial charge in [0.25, 0.3) is 0 Å². The van der Waals surface area contributed by atoms with Crippen LogP contribution in [0.4, 0.5) is 0 Å². The fraction of sp³-hybridized carbons (Fsp3) is 0.381. The highest BCUT2D eigenvalue weighted by molar-refractivity contribution is 5.79. The van der Waals surface area contributed by atoms with Crippen LogP contribution in [0, 0.1) is 0 Å². The molecule has 0 aliphatic carbocycles. The number of rotatable bonds is 9. The van der Waals surface area contributed by atoms with Crippen LogP contribution >= 0.6 is 0 Å². The summed E-state index contributed by atoms with van der Waals surface area (Å²) in [5.41, 5.74) is 3.62. The van der Waals surface area contributed by atoms with Crippen LogP contribution in [-0.2, 0) is 24.3 Å². The van der Waals surface area contributed by atoms with Gasteiger partial charge in [-0.25, -0.2) is 4.99 Å². The van der Waals surface area contributed by atoms with E-state index in [4.69, 9.17) is 14.5 Å². The van der Waals surface area contributed by atoms with Crippen molar-refractivity contribution in [3.8, 4) is 5.75 Å². The van der Waals surface area contributed by atoms with Crippen molar-refractivity contribution in [1.82, 2.24) is 10.6 Å². The van der Waals surface area contributed by atoms with Gasteiger partial charge in [0.15, 0.2) is 5.96 Å². The molecule has 0 fully saturated rings. The third-order valence-corrected chi connectivity index (χ3v) is 4.04. The minimum absolute atomic E-state index is 0.604. The highest BCUT2D eigenvalue weighted by atomic mass is 16.5. The molecule has 0 spiro atoms. The van der Waals surface area contributed by atoms with Gasteiger partial charge in [0, 0.05) is 20.2 Å². The molecular formula is C21H29N3O2. The summed E-state index contributed by atoms with van der Waals surface area (Å²) in [5.74, 6) is 1.71. The second kappa shape index (κ2) is 11.2. The number of guanidine groups is 1. The van der Waals surface area contributed by atoms with Gasteiger partial charge in [-0.1, -0.05) is 36.4 Å². The number of benzene rings is 2. The van der Waals surface area contributed by atoms with E-state index in [-0.39, 0.29) is 0 Å². The Kier molecular flexibility index (Phi) is 8.49. The van der Waals surface area contributed by atoms with Crippen LogP contribution in [0.3, 0.4) is 0 Å². The molecule has 0 heterocycles. The van der Waals surface area contributed by atoms with E-state index < -0.39 is 0 Å². The maximum absolute atomic E-state index is 5.26. The van der Waals surface area contributed by atoms with E-state index in [1.807, 2.05) is 24.3 Å². The summed E-state index contributed by atoms with van der Waals surface area (Å²) in [7, 11) is 3.39. The molecule has 0 aliphatic rings. The molecule has 5 nitrogen and oxygen atoms in total. The fourth-order valence-electron chi connectivity index (χ4n) is 2.63. The first-order chi connectivity index (χ1) is 12.8. The summed E-state index contributed by atoms with van der Waals surface area (Å²) < 4.78 is 10.5. The molecule has 0 saturated heterocycles. The van der Waals surface area contributed by atoms with Gasteiger partial charge in [-0.15, -0.1) is 0 Å². The molecule has 0 bridgehead atoms. The largest absolute Gasteiger partial charge is 0.497 e. The van der Waals surface area contributed by atoms with Crippen LogP contribution < -0.4 is 15.4 Å². The molecule has 2 rings (SSSR count). The first-order valence-corrected chi connectivity index (χ1v) is 8.97. The SMILES string of the molecule is CCNC(=NCc1ccccc1COC)NCCc1ccc(OC)cc1. The van der Waals surface area contributed by atoms with Crippen LogP contribution in [0.5, 0.6) is 5.75 Å². The lowest BCUT2D eigenvalue weighted by Crippen LogP contribution is -2.38. The summed E-state index contributed by atoms with van der Waals surface area (Å²) >= 11 is 0. The lowest BCUT2D eigenvalue weighted by molar-refractivity contribution is 0.184. The Morgan fingerprint density at radius 1 is 0.962 bits per heavy atom. The van der Waals surface area contributed by atoms with E-state index in [2.05, 4.69) is 41.8 Å². The van der Waals surface area contributed by atoms with Gasteiger partial charge in [-0.2, -0.15) is 0 Å². The number of nitrogens with one attached hydrogen (secondary N) is 2. The van der Waals surface area contributed by atoms with Crippen molar-refractivity contribution in [2.45, 2.75) is 26.5 Å². The van der Waals surface area contributed by atoms with Crippen molar-refractivity contribution in [2.75, 3.05) is 27.3 Å². The first kappa shape index (κ1) is 19.8. The normalized spacial score (nSPS) is 11.3. The van der Waals surface area contributed by atoms with Gasteiger partial charge in [-0.3, -0.25) is 0 Å². The van der Waals surface area contributed by atoms with Gasteiger partial charge in [0.05, 0.1) is 20.3 Å². The predicted octanol–water partition coefficient (Wildman–Crippen LogP) is 3.14. The van der Waals surface area contributed by atoms with Crippen LogP contribution in [0.2, 0.25) is 0 Å². The lowest BCUT2D eigenvalue weighted by Gasteiger charge is -2.12. The topological polar surface area (TPSA) is 54.9 Å². The number of ether oxygens (including phenoxy) is 2. The Morgan fingerprint density at radius 3 is 2.35 bits per heavy atom. The molecule has 2 aromatic carbocycles. The molecule has 140 valence electrons. The van der Waals surface area contributed by atoms with Gasteiger partial charge in [0.2, 0.25) is 0 Å². The Bertz CT molecular complexity index is 684. The average molecular weight is 355 g/mol. The zero-order valence-electron chi connectivity index (χ0n) is 15.9. The molecule has 0 unspecified atom stereocenters. The van der Waals surface area contributed by atoms with E-state index in [0.717, 1.165) is 31.2 Å². The van der Waals surface area contributed by atoms with Crippen LogP contribution in [0.25, 0.3) is 0 Å². The van der Waals surface area contributed by atoms with Gasteiger partial charge in [-0.05, 0) is 42.2 Å². The first-order valence-electron chi connectivity index (χ1n) is 8.97. The summed E-state index contributed by atoms with van der Waals surface area (Å²) in [6.07, 6.45) is 0.925. The van der Waals surface area contributed by atoms with E-state index in [1.165, 1.54) is 16.7 Å². The molecule has 0 atom stereocenters. The Hall–Kier alpha value is -2.53. The van der Waals surface area contributed by atoms with Crippen molar-refractivity contribution >= 4 is 5.96 Å². The Morgan fingerprint density at radius 2 is 1.69 bits per heavy atom. The van der Waals surface area contributed by atoms with Crippen molar-refractivity contribution in [1.29, 1.82) is 0 Å². The number of hydrogen-bond acceptors (Lipinski definition) is 3. The molecular weight excluding hydrogens is 326 g/mol. The number of aliphatic imine (C=N–C) groups is 1. The van der Waals surface area contributed by atoms with Crippen molar-refractivity contribution in [3.05, 3.63) is 65.2 Å². The molecule has 5 heteroatoms. The predicted molar refractivity (Wildman–Crippen MR) is 107 cm³/mol. The van der Waals surface area contributed by atoms with E-state index in [0.29, 0.717) is 13.2 Å². The highest BCUT2D eigenvalue weighted by Crippen LogP contribution is 2.12. The van der Waals surface area contributed by atoms with Crippen molar-refractivity contribution in [3.63, 3.8) is 0 Å². The summed E-state index contributed by atoms with van der Waals surface area (Å²) in [6, 6.07) is 16.4. The molecule has 2 aromatic rings.